The average Bonchev–Trinajstić information content (AvgIpc) is 2.46. The molecule has 0 bridgehead atoms. The molecular formula is C17H27NO3. The lowest BCUT2D eigenvalue weighted by Crippen LogP contribution is -2.46. The summed E-state index contributed by atoms with van der Waals surface area (Å²) in [7, 11) is 2.00. The molecule has 0 spiro atoms. The van der Waals surface area contributed by atoms with Crippen LogP contribution in [0.4, 0.5) is 0 Å². The molecular weight excluding hydrogens is 266 g/mol. The van der Waals surface area contributed by atoms with Gasteiger partial charge in [0.2, 0.25) is 0 Å². The predicted octanol–water partition coefficient (Wildman–Crippen LogP) is 1.89. The maximum absolute atomic E-state index is 10.5. The van der Waals surface area contributed by atoms with Gasteiger partial charge in [0, 0.05) is 39.1 Å². The quantitative estimate of drug-likeness (QED) is 0.841. The number of aliphatic hydroxyl groups is 2. The van der Waals surface area contributed by atoms with Crippen LogP contribution in [0.15, 0.2) is 24.3 Å². The number of aryl methyl sites for hydroxylation is 1. The molecule has 21 heavy (non-hydrogen) atoms. The Morgan fingerprint density at radius 1 is 1.24 bits per heavy atom. The number of hydrogen-bond acceptors (Lipinski definition) is 4. The van der Waals surface area contributed by atoms with Gasteiger partial charge in [-0.3, -0.25) is 0 Å². The predicted molar refractivity (Wildman–Crippen MR) is 83.3 cm³/mol. The van der Waals surface area contributed by atoms with Crippen LogP contribution in [0.5, 0.6) is 0 Å². The summed E-state index contributed by atoms with van der Waals surface area (Å²) in [4.78, 5) is 2.10. The minimum absolute atomic E-state index is 0.447. The first kappa shape index (κ1) is 16.4. The van der Waals surface area contributed by atoms with E-state index < -0.39 is 11.7 Å². The van der Waals surface area contributed by atoms with Gasteiger partial charge >= 0.3 is 0 Å². The molecule has 1 aliphatic rings. The molecule has 2 rings (SSSR count). The summed E-state index contributed by atoms with van der Waals surface area (Å²) in [6.07, 6.45) is 1.61. The zero-order valence-corrected chi connectivity index (χ0v) is 13.1. The first-order chi connectivity index (χ1) is 9.98. The highest BCUT2D eigenvalue weighted by Gasteiger charge is 2.30. The molecule has 1 unspecified atom stereocenters. The largest absolute Gasteiger partial charge is 0.388 e. The summed E-state index contributed by atoms with van der Waals surface area (Å²) in [5.41, 5.74) is 1.52. The lowest BCUT2D eigenvalue weighted by atomic mass is 9.94. The number of likely N-dealkylation sites (N-methyl/N-ethyl adjacent to an activating group) is 1. The number of benzene rings is 1. The third kappa shape index (κ3) is 5.08. The molecule has 1 atom stereocenters. The van der Waals surface area contributed by atoms with Crippen LogP contribution < -0.4 is 0 Å². The van der Waals surface area contributed by atoms with Gasteiger partial charge < -0.3 is 19.8 Å². The summed E-state index contributed by atoms with van der Waals surface area (Å²) in [6.45, 7) is 4.71. The van der Waals surface area contributed by atoms with Crippen molar-refractivity contribution in [1.29, 1.82) is 0 Å². The highest BCUT2D eigenvalue weighted by Crippen LogP contribution is 2.22. The Kier molecular flexibility index (Phi) is 5.76. The van der Waals surface area contributed by atoms with Crippen molar-refractivity contribution in [2.24, 2.45) is 0 Å². The monoisotopic (exact) mass is 293 g/mol. The van der Waals surface area contributed by atoms with Crippen LogP contribution in [0.3, 0.4) is 0 Å². The molecule has 1 saturated heterocycles. The number of nitrogens with zero attached hydrogens (tertiary/aromatic N) is 1. The zero-order valence-electron chi connectivity index (χ0n) is 13.1. The summed E-state index contributed by atoms with van der Waals surface area (Å²) in [5, 5.41) is 20.7. The van der Waals surface area contributed by atoms with E-state index >= 15 is 0 Å². The lowest BCUT2D eigenvalue weighted by molar-refractivity contribution is -0.0776. The van der Waals surface area contributed by atoms with E-state index in [4.69, 9.17) is 4.74 Å². The molecule has 0 aromatic heterocycles. The maximum atomic E-state index is 10.5. The molecule has 0 radical (unpaired) electrons. The lowest BCUT2D eigenvalue weighted by Gasteiger charge is -2.35. The summed E-state index contributed by atoms with van der Waals surface area (Å²) >= 11 is 0. The van der Waals surface area contributed by atoms with Gasteiger partial charge in [-0.05, 0) is 26.0 Å². The highest BCUT2D eigenvalue weighted by molar-refractivity contribution is 5.23. The summed E-state index contributed by atoms with van der Waals surface area (Å²) in [5.74, 6) is 0. The second kappa shape index (κ2) is 7.36. The molecule has 4 nitrogen and oxygen atoms in total. The minimum atomic E-state index is -0.637. The average molecular weight is 293 g/mol. The van der Waals surface area contributed by atoms with Gasteiger partial charge in [-0.2, -0.15) is 0 Å². The van der Waals surface area contributed by atoms with Crippen LogP contribution in [0.2, 0.25) is 0 Å². The van der Waals surface area contributed by atoms with Crippen molar-refractivity contribution in [2.75, 3.05) is 33.4 Å². The van der Waals surface area contributed by atoms with Gasteiger partial charge in [-0.25, -0.2) is 0 Å². The molecule has 1 aliphatic heterocycles. The topological polar surface area (TPSA) is 52.9 Å². The molecule has 2 N–H and O–H groups in total. The van der Waals surface area contributed by atoms with Crippen molar-refractivity contribution in [3.8, 4) is 0 Å². The fraction of sp³-hybridized carbons (Fsp3) is 0.647. The molecule has 0 aliphatic carbocycles. The molecule has 0 saturated carbocycles. The third-order valence-corrected chi connectivity index (χ3v) is 4.23. The van der Waals surface area contributed by atoms with Gasteiger partial charge in [0.05, 0.1) is 11.7 Å². The van der Waals surface area contributed by atoms with Crippen molar-refractivity contribution in [3.05, 3.63) is 35.4 Å². The highest BCUT2D eigenvalue weighted by atomic mass is 16.5. The smallest absolute Gasteiger partial charge is 0.0817 e. The van der Waals surface area contributed by atoms with Crippen LogP contribution in [0.25, 0.3) is 0 Å². The van der Waals surface area contributed by atoms with Crippen molar-refractivity contribution in [2.45, 2.75) is 37.9 Å². The Labute approximate surface area is 127 Å². The number of rotatable bonds is 6. The van der Waals surface area contributed by atoms with Crippen LogP contribution in [0, 0.1) is 6.92 Å². The molecule has 0 amide bonds. The van der Waals surface area contributed by atoms with E-state index in [1.54, 1.807) is 0 Å². The SMILES string of the molecule is Cc1ccc(C(O)CCN(C)CC2(O)CCOCC2)cc1. The zero-order chi connectivity index (χ0) is 15.3. The summed E-state index contributed by atoms with van der Waals surface area (Å²) < 4.78 is 5.29. The van der Waals surface area contributed by atoms with Crippen LogP contribution in [-0.4, -0.2) is 54.1 Å². The van der Waals surface area contributed by atoms with E-state index in [1.165, 1.54) is 5.56 Å². The second-order valence-corrected chi connectivity index (χ2v) is 6.29. The minimum Gasteiger partial charge on any atom is -0.388 e. The van der Waals surface area contributed by atoms with E-state index in [2.05, 4.69) is 4.90 Å². The van der Waals surface area contributed by atoms with Gasteiger partial charge in [-0.1, -0.05) is 29.8 Å². The molecule has 4 heteroatoms. The van der Waals surface area contributed by atoms with E-state index in [0.29, 0.717) is 39.0 Å². The first-order valence-corrected chi connectivity index (χ1v) is 7.72. The molecule has 1 fully saturated rings. The first-order valence-electron chi connectivity index (χ1n) is 7.72. The number of aliphatic hydroxyl groups excluding tert-OH is 1. The Morgan fingerprint density at radius 2 is 1.86 bits per heavy atom. The van der Waals surface area contributed by atoms with Crippen molar-refractivity contribution in [3.63, 3.8) is 0 Å². The van der Waals surface area contributed by atoms with Gasteiger partial charge in [-0.15, -0.1) is 0 Å². The number of hydrogen-bond donors (Lipinski definition) is 2. The van der Waals surface area contributed by atoms with Crippen molar-refractivity contribution in [1.82, 2.24) is 4.90 Å². The fourth-order valence-electron chi connectivity index (χ4n) is 2.79. The molecule has 1 heterocycles. The van der Waals surface area contributed by atoms with E-state index in [1.807, 2.05) is 38.2 Å². The molecule has 1 aromatic carbocycles. The Balaban J connectivity index is 1.77. The van der Waals surface area contributed by atoms with Gasteiger partial charge in [0.15, 0.2) is 0 Å². The Bertz CT molecular complexity index is 426. The molecule has 118 valence electrons. The fourth-order valence-corrected chi connectivity index (χ4v) is 2.79. The third-order valence-electron chi connectivity index (χ3n) is 4.23. The Hall–Kier alpha value is -0.940. The van der Waals surface area contributed by atoms with E-state index in [-0.39, 0.29) is 0 Å². The van der Waals surface area contributed by atoms with Gasteiger partial charge in [0.1, 0.15) is 0 Å². The number of ether oxygens (including phenoxy) is 1. The van der Waals surface area contributed by atoms with Crippen LogP contribution in [0.1, 0.15) is 36.5 Å². The second-order valence-electron chi connectivity index (χ2n) is 6.29. The van der Waals surface area contributed by atoms with Crippen molar-refractivity contribution < 1.29 is 14.9 Å². The Morgan fingerprint density at radius 3 is 2.48 bits per heavy atom. The van der Waals surface area contributed by atoms with Crippen molar-refractivity contribution >= 4 is 0 Å². The standard InChI is InChI=1S/C17H27NO3/c1-14-3-5-15(6-4-14)16(19)7-10-18(2)13-17(20)8-11-21-12-9-17/h3-6,16,19-20H,7-13H2,1-2H3. The molecule has 1 aromatic rings. The van der Waals surface area contributed by atoms with E-state index in [0.717, 1.165) is 12.1 Å². The maximum Gasteiger partial charge on any atom is 0.0817 e. The van der Waals surface area contributed by atoms with Crippen LogP contribution in [-0.2, 0) is 4.74 Å². The summed E-state index contributed by atoms with van der Waals surface area (Å²) in [6, 6.07) is 8.00. The normalized spacial score (nSPS) is 19.7. The van der Waals surface area contributed by atoms with Crippen LogP contribution >= 0.6 is 0 Å². The van der Waals surface area contributed by atoms with E-state index in [9.17, 15) is 10.2 Å². The van der Waals surface area contributed by atoms with Gasteiger partial charge in [0.25, 0.3) is 0 Å².